The molecule has 1 fully saturated rings. The summed E-state index contributed by atoms with van der Waals surface area (Å²) in [6, 6.07) is 7.68. The molecule has 1 aromatic carbocycles. The first kappa shape index (κ1) is 17.2. The van der Waals surface area contributed by atoms with E-state index in [1.807, 2.05) is 24.3 Å². The summed E-state index contributed by atoms with van der Waals surface area (Å²) in [6.07, 6.45) is 4.26. The number of anilines is 1. The van der Waals surface area contributed by atoms with E-state index in [9.17, 15) is 9.90 Å². The molecule has 2 rings (SSSR count). The van der Waals surface area contributed by atoms with E-state index in [2.05, 4.69) is 31.5 Å². The molecular weight excluding hydrogens is 346 g/mol. The normalized spacial score (nSPS) is 18.4. The minimum atomic E-state index is -0.174. The van der Waals surface area contributed by atoms with E-state index >= 15 is 0 Å². The number of urea groups is 1. The molecule has 6 heteroatoms. The maximum Gasteiger partial charge on any atom is 0.319 e. The van der Waals surface area contributed by atoms with Crippen LogP contribution in [0.3, 0.4) is 0 Å². The maximum atomic E-state index is 11.8. The lowest BCUT2D eigenvalue weighted by atomic mass is 10.2. The smallest absolute Gasteiger partial charge is 0.319 e. The van der Waals surface area contributed by atoms with Crippen LogP contribution in [0, 0.1) is 0 Å². The highest BCUT2D eigenvalue weighted by atomic mass is 79.9. The van der Waals surface area contributed by atoms with Gasteiger partial charge in [0.2, 0.25) is 0 Å². The molecule has 1 saturated heterocycles. The third kappa shape index (κ3) is 5.59. The lowest BCUT2D eigenvalue weighted by Crippen LogP contribution is -2.34. The Morgan fingerprint density at radius 2 is 2.27 bits per heavy atom. The summed E-state index contributed by atoms with van der Waals surface area (Å²) in [4.78, 5) is 14.1. The van der Waals surface area contributed by atoms with Crippen molar-refractivity contribution >= 4 is 27.6 Å². The van der Waals surface area contributed by atoms with Gasteiger partial charge in [0.05, 0.1) is 6.61 Å². The molecule has 122 valence electrons. The summed E-state index contributed by atoms with van der Waals surface area (Å²) in [5.74, 6) is 0. The van der Waals surface area contributed by atoms with E-state index in [4.69, 9.17) is 0 Å². The molecule has 0 saturated carbocycles. The lowest BCUT2D eigenvalue weighted by molar-refractivity contribution is 0.157. The summed E-state index contributed by atoms with van der Waals surface area (Å²) in [5, 5.41) is 14.9. The second kappa shape index (κ2) is 9.12. The van der Waals surface area contributed by atoms with E-state index in [-0.39, 0.29) is 12.6 Å². The summed E-state index contributed by atoms with van der Waals surface area (Å²) in [7, 11) is 0. The van der Waals surface area contributed by atoms with Gasteiger partial charge in [-0.05, 0) is 57.0 Å². The van der Waals surface area contributed by atoms with Crippen LogP contribution < -0.4 is 10.6 Å². The lowest BCUT2D eigenvalue weighted by Gasteiger charge is -2.22. The number of likely N-dealkylation sites (tertiary alicyclic amines) is 1. The Balaban J connectivity index is 1.57. The summed E-state index contributed by atoms with van der Waals surface area (Å²) >= 11 is 3.37. The minimum absolute atomic E-state index is 0.174. The highest BCUT2D eigenvalue weighted by molar-refractivity contribution is 9.10. The number of nitrogens with one attached hydrogen (secondary N) is 2. The van der Waals surface area contributed by atoms with Gasteiger partial charge in [-0.15, -0.1) is 0 Å². The third-order valence-electron chi connectivity index (χ3n) is 3.95. The number of hydrogen-bond acceptors (Lipinski definition) is 3. The van der Waals surface area contributed by atoms with Gasteiger partial charge >= 0.3 is 6.03 Å². The van der Waals surface area contributed by atoms with E-state index < -0.39 is 0 Å². The molecule has 1 heterocycles. The van der Waals surface area contributed by atoms with E-state index in [0.29, 0.717) is 12.6 Å². The summed E-state index contributed by atoms with van der Waals surface area (Å²) < 4.78 is 0.939. The maximum absolute atomic E-state index is 11.8. The number of aliphatic hydroxyl groups excluding tert-OH is 1. The number of halogens is 1. The predicted octanol–water partition coefficient (Wildman–Crippen LogP) is 2.81. The number of unbranched alkanes of at least 4 members (excludes halogenated alkanes) is 1. The molecule has 1 aliphatic rings. The van der Waals surface area contributed by atoms with Crippen LogP contribution in [0.15, 0.2) is 28.7 Å². The molecule has 1 aliphatic heterocycles. The van der Waals surface area contributed by atoms with Gasteiger partial charge in [0.15, 0.2) is 0 Å². The van der Waals surface area contributed by atoms with Gasteiger partial charge in [-0.1, -0.05) is 22.0 Å². The first-order valence-corrected chi connectivity index (χ1v) is 8.63. The third-order valence-corrected chi connectivity index (χ3v) is 4.44. The zero-order valence-electron chi connectivity index (χ0n) is 12.7. The quantitative estimate of drug-likeness (QED) is 0.647. The van der Waals surface area contributed by atoms with Crippen LogP contribution in [0.1, 0.15) is 25.7 Å². The van der Waals surface area contributed by atoms with Crippen molar-refractivity contribution in [2.75, 3.05) is 31.6 Å². The average Bonchev–Trinajstić information content (AvgIpc) is 2.94. The van der Waals surface area contributed by atoms with Crippen molar-refractivity contribution in [3.63, 3.8) is 0 Å². The van der Waals surface area contributed by atoms with Gasteiger partial charge in [0.1, 0.15) is 0 Å². The Labute approximate surface area is 140 Å². The van der Waals surface area contributed by atoms with Crippen LogP contribution in [0.2, 0.25) is 0 Å². The molecule has 1 aromatic rings. The molecule has 1 atom stereocenters. The number of carbonyl (C=O) groups excluding carboxylic acids is 1. The largest absolute Gasteiger partial charge is 0.395 e. The van der Waals surface area contributed by atoms with Crippen molar-refractivity contribution in [1.29, 1.82) is 0 Å². The highest BCUT2D eigenvalue weighted by Crippen LogP contribution is 2.17. The number of hydrogen-bond donors (Lipinski definition) is 3. The van der Waals surface area contributed by atoms with Crippen LogP contribution in [0.25, 0.3) is 0 Å². The van der Waals surface area contributed by atoms with Gasteiger partial charge < -0.3 is 15.7 Å². The predicted molar refractivity (Wildman–Crippen MR) is 92.1 cm³/mol. The molecule has 0 radical (unpaired) electrons. The fourth-order valence-electron chi connectivity index (χ4n) is 2.78. The van der Waals surface area contributed by atoms with Crippen molar-refractivity contribution < 1.29 is 9.90 Å². The van der Waals surface area contributed by atoms with Crippen molar-refractivity contribution in [2.45, 2.75) is 31.7 Å². The zero-order chi connectivity index (χ0) is 15.8. The zero-order valence-corrected chi connectivity index (χ0v) is 14.3. The Morgan fingerprint density at radius 3 is 3.05 bits per heavy atom. The molecular formula is C16H24BrN3O2. The van der Waals surface area contributed by atoms with Crippen LogP contribution in [-0.4, -0.2) is 48.3 Å². The summed E-state index contributed by atoms with van der Waals surface area (Å²) in [6.45, 7) is 3.01. The molecule has 5 nitrogen and oxygen atoms in total. The Bertz CT molecular complexity index is 484. The number of rotatable bonds is 7. The monoisotopic (exact) mass is 369 g/mol. The Hall–Kier alpha value is -1.11. The van der Waals surface area contributed by atoms with Gasteiger partial charge in [-0.3, -0.25) is 4.90 Å². The first-order valence-electron chi connectivity index (χ1n) is 7.84. The fourth-order valence-corrected chi connectivity index (χ4v) is 3.18. The Kier molecular flexibility index (Phi) is 7.15. The first-order chi connectivity index (χ1) is 10.7. The topological polar surface area (TPSA) is 64.6 Å². The minimum Gasteiger partial charge on any atom is -0.395 e. The van der Waals surface area contributed by atoms with Gasteiger partial charge in [0.25, 0.3) is 0 Å². The highest BCUT2D eigenvalue weighted by Gasteiger charge is 2.22. The molecule has 0 spiro atoms. The van der Waals surface area contributed by atoms with Crippen LogP contribution in [0.4, 0.5) is 10.5 Å². The van der Waals surface area contributed by atoms with E-state index in [1.165, 1.54) is 6.42 Å². The van der Waals surface area contributed by atoms with Crippen LogP contribution >= 0.6 is 15.9 Å². The molecule has 2 amide bonds. The molecule has 22 heavy (non-hydrogen) atoms. The number of aliphatic hydroxyl groups is 1. The van der Waals surface area contributed by atoms with Crippen LogP contribution in [-0.2, 0) is 0 Å². The number of carbonyl (C=O) groups is 1. The van der Waals surface area contributed by atoms with Gasteiger partial charge in [-0.25, -0.2) is 4.79 Å². The summed E-state index contributed by atoms with van der Waals surface area (Å²) in [5.41, 5.74) is 0.773. The van der Waals surface area contributed by atoms with E-state index in [0.717, 1.165) is 42.5 Å². The number of nitrogens with zero attached hydrogens (tertiary/aromatic N) is 1. The van der Waals surface area contributed by atoms with Gasteiger partial charge in [-0.2, -0.15) is 0 Å². The Morgan fingerprint density at radius 1 is 1.41 bits per heavy atom. The SMILES string of the molecule is O=C(NCCCCN1CCCC1CO)Nc1cccc(Br)c1. The fraction of sp³-hybridized carbons (Fsp3) is 0.562. The average molecular weight is 370 g/mol. The van der Waals surface area contributed by atoms with Crippen molar-refractivity contribution in [3.8, 4) is 0 Å². The molecule has 0 bridgehead atoms. The van der Waals surface area contributed by atoms with Gasteiger partial charge in [0, 0.05) is 22.7 Å². The second-order valence-corrected chi connectivity index (χ2v) is 6.53. The molecule has 0 aliphatic carbocycles. The van der Waals surface area contributed by atoms with Crippen LogP contribution in [0.5, 0.6) is 0 Å². The molecule has 0 aromatic heterocycles. The van der Waals surface area contributed by atoms with E-state index in [1.54, 1.807) is 0 Å². The molecule has 3 N–H and O–H groups in total. The second-order valence-electron chi connectivity index (χ2n) is 5.61. The number of benzene rings is 1. The molecule has 1 unspecified atom stereocenters. The van der Waals surface area contributed by atoms with Crippen molar-refractivity contribution in [3.05, 3.63) is 28.7 Å². The number of amides is 2. The van der Waals surface area contributed by atoms with Crippen molar-refractivity contribution in [1.82, 2.24) is 10.2 Å². The van der Waals surface area contributed by atoms with Crippen molar-refractivity contribution in [2.24, 2.45) is 0 Å². The standard InChI is InChI=1S/C16H24BrN3O2/c17-13-5-3-6-14(11-13)19-16(22)18-8-1-2-9-20-10-4-7-15(20)12-21/h3,5-6,11,15,21H,1-2,4,7-10,12H2,(H2,18,19,22).